The van der Waals surface area contributed by atoms with Crippen LogP contribution in [-0.2, 0) is 13.7 Å². The van der Waals surface area contributed by atoms with Crippen LogP contribution in [0.3, 0.4) is 0 Å². The molecule has 0 aromatic heterocycles. The maximum atomic E-state index is 8.55. The van der Waals surface area contributed by atoms with Gasteiger partial charge in [-0.1, -0.05) is 0 Å². The standard InChI is InChI=1S/2CH2O3.BH3.5Ca.Mg.3H3O4P.H2O/c2*2-1(3)4;;;;;;;;3*1-5(2,3)4;/h2*(H2,2,3,4);1H3;;;;;;;3*(H3,1,2,3,4);1H2/q;;;6*+2;;;;/p-12. The zero-order valence-corrected chi connectivity index (χ0v) is 29.6. The average Bonchev–Trinajstić information content (AvgIpc) is 1.85. The quantitative estimate of drug-likeness (QED) is 0.179. The number of hydrogen-bond acceptors (Lipinski definition) is 17. The van der Waals surface area contributed by atoms with Gasteiger partial charge in [-0.3, -0.25) is 0 Å². The first-order valence-electron chi connectivity index (χ1n) is 3.45. The number of carbonyl (C=O) groups is 2. The Labute approximate surface area is 341 Å². The van der Waals surface area contributed by atoms with E-state index in [2.05, 4.69) is 0 Å². The fourth-order valence-electron chi connectivity index (χ4n) is 0. The van der Waals surface area contributed by atoms with Crippen molar-refractivity contribution in [3.8, 4) is 0 Å². The van der Waals surface area contributed by atoms with Gasteiger partial charge in [0.25, 0.3) is 0 Å². The Bertz CT molecular complexity index is 371. The van der Waals surface area contributed by atoms with Gasteiger partial charge < -0.3 is 93.2 Å². The summed E-state index contributed by atoms with van der Waals surface area (Å²) in [4.78, 5) is 93.8. The molecule has 0 unspecified atom stereocenters. The Morgan fingerprint density at radius 1 is 0.516 bits per heavy atom. The van der Waals surface area contributed by atoms with E-state index in [9.17, 15) is 0 Å². The van der Waals surface area contributed by atoms with Gasteiger partial charge in [0.05, 0.1) is 8.41 Å². The van der Waals surface area contributed by atoms with Gasteiger partial charge in [-0.25, -0.2) is 0 Å². The van der Waals surface area contributed by atoms with Crippen LogP contribution in [0.2, 0.25) is 0 Å². The van der Waals surface area contributed by atoms with Gasteiger partial charge in [0.15, 0.2) is 0 Å². The summed E-state index contributed by atoms with van der Waals surface area (Å²) in [5, 5.41) is 30.6. The molecule has 0 saturated heterocycles. The van der Waals surface area contributed by atoms with Crippen LogP contribution in [0.15, 0.2) is 0 Å². The van der Waals surface area contributed by atoms with E-state index in [1.54, 1.807) is 0 Å². The van der Waals surface area contributed by atoms with Crippen molar-refractivity contribution in [1.29, 1.82) is 0 Å². The third-order valence-corrected chi connectivity index (χ3v) is 0. The summed E-state index contributed by atoms with van der Waals surface area (Å²) in [5.74, 6) is 0. The molecule has 31 heavy (non-hydrogen) atoms. The Morgan fingerprint density at radius 2 is 0.516 bits per heavy atom. The minimum atomic E-state index is -5.39. The van der Waals surface area contributed by atoms with Gasteiger partial charge in [-0.05, 0) is 0 Å². The smallest absolute Gasteiger partial charge is 0.870 e. The molecule has 158 valence electrons. The van der Waals surface area contributed by atoms with Gasteiger partial charge in [-0.15, -0.1) is 0 Å². The van der Waals surface area contributed by atoms with Crippen molar-refractivity contribution in [2.24, 2.45) is 0 Å². The van der Waals surface area contributed by atoms with Gasteiger partial charge >= 0.3 is 212 Å². The molecule has 0 atom stereocenters. The average molecular weight is 662 g/mol. The molecule has 0 aromatic rings. The van der Waals surface area contributed by atoms with Crippen molar-refractivity contribution >= 4 is 256 Å². The third-order valence-electron chi connectivity index (χ3n) is 0. The molecule has 3 N–H and O–H groups in total. The number of rotatable bonds is 0. The van der Waals surface area contributed by atoms with Crippen molar-refractivity contribution in [1.82, 2.24) is 0 Å². The van der Waals surface area contributed by atoms with Crippen LogP contribution in [0.5, 0.6) is 0 Å². The summed E-state index contributed by atoms with van der Waals surface area (Å²) in [6.45, 7) is 0. The van der Waals surface area contributed by atoms with Crippen molar-refractivity contribution < 1.29 is 93.2 Å². The first kappa shape index (κ1) is 83.3. The van der Waals surface area contributed by atoms with E-state index in [0.29, 0.717) is 0 Å². The molecule has 0 saturated carbocycles. The second-order valence-electron chi connectivity index (χ2n) is 1.87. The van der Waals surface area contributed by atoms with Crippen LogP contribution in [0.1, 0.15) is 0 Å². The van der Waals surface area contributed by atoms with E-state index < -0.39 is 35.8 Å². The van der Waals surface area contributed by atoms with E-state index in [-0.39, 0.29) is 226 Å². The van der Waals surface area contributed by atoms with Crippen LogP contribution in [0, 0.1) is 0 Å². The number of hydrogen-bond donors (Lipinski definition) is 2. The topological polar surface area (TPSA) is 409 Å². The summed E-state index contributed by atoms with van der Waals surface area (Å²) >= 11 is 0. The Hall–Kier alpha value is 5.96. The van der Waals surface area contributed by atoms with Crippen LogP contribution >= 0.6 is 23.5 Å². The fourth-order valence-corrected chi connectivity index (χ4v) is 0. The van der Waals surface area contributed by atoms with Crippen LogP contribution < -0.4 is 54.3 Å². The molecule has 29 heteroatoms. The molecule has 19 nitrogen and oxygen atoms in total. The van der Waals surface area contributed by atoms with E-state index in [1.165, 1.54) is 0 Å². The normalized spacial score (nSPS) is 7.26. The van der Waals surface area contributed by atoms with Crippen LogP contribution in [0.4, 0.5) is 9.59 Å². The zero-order valence-electron chi connectivity index (χ0n) is 14.5. The summed E-state index contributed by atoms with van der Waals surface area (Å²) in [7, 11) is -16.2. The van der Waals surface area contributed by atoms with E-state index in [4.69, 9.17) is 87.8 Å². The molecular formula is C2H6BCa5MgO19P3. The fraction of sp³-hybridized carbons (Fsp3) is 0. The number of phosphoric acid groups is 3. The molecule has 0 heterocycles. The second kappa shape index (κ2) is 49.0. The summed E-state index contributed by atoms with van der Waals surface area (Å²) in [6, 6.07) is 0. The molecule has 0 aromatic carbocycles. The molecule has 0 aliphatic carbocycles. The summed E-state index contributed by atoms with van der Waals surface area (Å²) in [6.07, 6.45) is -4.17. The maximum Gasteiger partial charge on any atom is 2.00 e. The maximum absolute atomic E-state index is 8.55. The van der Waals surface area contributed by atoms with Crippen molar-refractivity contribution in [3.63, 3.8) is 0 Å². The van der Waals surface area contributed by atoms with Gasteiger partial charge in [0.2, 0.25) is 12.3 Å². The molecule has 0 aliphatic heterocycles. The third kappa shape index (κ3) is 1170. The molecule has 0 fully saturated rings. The predicted molar refractivity (Wildman–Crippen MR) is 85.3 cm³/mol. The SMILES string of the molecule is B.O=C([O-])O.O=C([O-])O.O=P([O-])([O-])[O-].O=P([O-])([O-])[O-].O=P([O-])([O-])[O-].[Ca+2].[Ca+2].[Ca+2].[Ca+2].[Ca+2].[Mg+2].[OH-]. The van der Waals surface area contributed by atoms with Gasteiger partial charge in [0, 0.05) is 0 Å². The van der Waals surface area contributed by atoms with E-state index in [0.717, 1.165) is 0 Å². The summed E-state index contributed by atoms with van der Waals surface area (Å²) in [5.41, 5.74) is 0. The van der Waals surface area contributed by atoms with Gasteiger partial charge in [-0.2, -0.15) is 23.5 Å². The predicted octanol–water partition coefficient (Wildman–Crippen LogP) is -14.3. The monoisotopic (exact) mass is 662 g/mol. The van der Waals surface area contributed by atoms with Crippen molar-refractivity contribution in [3.05, 3.63) is 0 Å². The molecule has 0 rings (SSSR count). The zero-order chi connectivity index (χ0) is 20.7. The van der Waals surface area contributed by atoms with Crippen molar-refractivity contribution in [2.45, 2.75) is 0 Å². The Balaban J connectivity index is -0.0000000112. The minimum absolute atomic E-state index is 0. The molecule has 0 spiro atoms. The molecule has 0 radical (unpaired) electrons. The first-order chi connectivity index (χ1) is 9.46. The second-order valence-corrected chi connectivity index (χ2v) is 4.56. The molecule has 0 bridgehead atoms. The van der Waals surface area contributed by atoms with E-state index in [1.807, 2.05) is 0 Å². The molecule has 0 amide bonds. The van der Waals surface area contributed by atoms with Crippen LogP contribution in [-0.4, -0.2) is 248 Å². The molecular weight excluding hydrogens is 656 g/mol. The largest absolute Gasteiger partial charge is 2.00 e. The summed E-state index contributed by atoms with van der Waals surface area (Å²) < 4.78 is 25.6. The first-order valence-corrected chi connectivity index (χ1v) is 7.84. The van der Waals surface area contributed by atoms with Crippen molar-refractivity contribution in [2.75, 3.05) is 0 Å². The molecule has 0 aliphatic rings. The van der Waals surface area contributed by atoms with E-state index >= 15 is 0 Å². The van der Waals surface area contributed by atoms with Crippen LogP contribution in [0.25, 0.3) is 0 Å². The Kier molecular flexibility index (Phi) is 131. The Morgan fingerprint density at radius 3 is 0.516 bits per heavy atom. The minimum Gasteiger partial charge on any atom is -0.870 e. The van der Waals surface area contributed by atoms with Gasteiger partial charge in [0.1, 0.15) is 0 Å². The number of carboxylic acid groups (broad SMARTS) is 4.